The van der Waals surface area contributed by atoms with Crippen LogP contribution in [0.1, 0.15) is 45.6 Å². The van der Waals surface area contributed by atoms with E-state index in [1.165, 1.54) is 4.57 Å². The molecule has 218 valence electrons. The van der Waals surface area contributed by atoms with Crippen LogP contribution in [0.25, 0.3) is 22.3 Å². The van der Waals surface area contributed by atoms with Gasteiger partial charge in [0.2, 0.25) is 10.0 Å². The first kappa shape index (κ1) is 28.9. The monoisotopic (exact) mass is 582 g/mol. The number of halogens is 2. The first-order chi connectivity index (χ1) is 19.6. The predicted molar refractivity (Wildman–Crippen MR) is 162 cm³/mol. The summed E-state index contributed by atoms with van der Waals surface area (Å²) in [6, 6.07) is 6.16. The van der Waals surface area contributed by atoms with Crippen molar-refractivity contribution in [1.82, 2.24) is 14.9 Å². The molecule has 0 radical (unpaired) electrons. The molecule has 8 nitrogen and oxygen atoms in total. The van der Waals surface area contributed by atoms with Crippen LogP contribution >= 0.6 is 0 Å². The number of anilines is 2. The summed E-state index contributed by atoms with van der Waals surface area (Å²) in [5.41, 5.74) is 2.89. The van der Waals surface area contributed by atoms with E-state index in [2.05, 4.69) is 26.9 Å². The van der Waals surface area contributed by atoms with Crippen LogP contribution in [0.2, 0.25) is 0 Å². The zero-order chi connectivity index (χ0) is 29.3. The highest BCUT2D eigenvalue weighted by Crippen LogP contribution is 2.36. The van der Waals surface area contributed by atoms with Crippen molar-refractivity contribution in [2.24, 2.45) is 10.9 Å². The fourth-order valence-electron chi connectivity index (χ4n) is 5.33. The highest BCUT2D eigenvalue weighted by atomic mass is 32.2. The van der Waals surface area contributed by atoms with Crippen LogP contribution in [0.5, 0.6) is 0 Å². The number of aliphatic imine (C=N–C) groups is 1. The number of nitrogens with zero attached hydrogens (tertiary/aromatic N) is 4. The second kappa shape index (κ2) is 11.7. The first-order valence-corrected chi connectivity index (χ1v) is 15.6. The van der Waals surface area contributed by atoms with Crippen molar-refractivity contribution >= 4 is 44.3 Å². The molecule has 0 amide bonds. The SMILES string of the molecule is CCCS(=O)(=O)Nc1ccc(F)c(-n2cc(C3=CN=CC(C)C(C)=C3)c3nc(N(C)C4CCNCC4)ccc32)c1F. The molecule has 0 saturated carbocycles. The van der Waals surface area contributed by atoms with Gasteiger partial charge in [-0.05, 0) is 63.5 Å². The molecule has 1 fully saturated rings. The zero-order valence-electron chi connectivity index (χ0n) is 23.8. The smallest absolute Gasteiger partial charge is 0.232 e. The largest absolute Gasteiger partial charge is 0.357 e. The minimum Gasteiger partial charge on any atom is -0.357 e. The number of aromatic nitrogens is 2. The minimum absolute atomic E-state index is 0.134. The van der Waals surface area contributed by atoms with Crippen molar-refractivity contribution in [2.45, 2.75) is 46.1 Å². The van der Waals surface area contributed by atoms with Crippen LogP contribution < -0.4 is 14.9 Å². The molecule has 41 heavy (non-hydrogen) atoms. The molecule has 3 aromatic rings. The van der Waals surface area contributed by atoms with Crippen LogP contribution in [0.4, 0.5) is 20.3 Å². The summed E-state index contributed by atoms with van der Waals surface area (Å²) in [4.78, 5) is 11.6. The number of fused-ring (bicyclic) bond motifs is 1. The number of rotatable bonds is 8. The average molecular weight is 583 g/mol. The summed E-state index contributed by atoms with van der Waals surface area (Å²) in [5.74, 6) is -1.11. The Morgan fingerprint density at radius 3 is 2.66 bits per heavy atom. The molecule has 5 rings (SSSR count). The number of allylic oxidation sites excluding steroid dienone is 3. The van der Waals surface area contributed by atoms with E-state index >= 15 is 8.78 Å². The van der Waals surface area contributed by atoms with E-state index in [1.807, 2.05) is 38.4 Å². The second-order valence-corrected chi connectivity index (χ2v) is 12.6. The molecule has 4 heterocycles. The van der Waals surface area contributed by atoms with Gasteiger partial charge in [-0.15, -0.1) is 0 Å². The Balaban J connectivity index is 1.69. The average Bonchev–Trinajstić information content (AvgIpc) is 3.23. The molecule has 0 aliphatic carbocycles. The summed E-state index contributed by atoms with van der Waals surface area (Å²) >= 11 is 0. The minimum atomic E-state index is -3.79. The molecule has 0 spiro atoms. The third-order valence-electron chi connectivity index (χ3n) is 7.83. The molecule has 2 aliphatic rings. The Morgan fingerprint density at radius 2 is 1.93 bits per heavy atom. The molecular weight excluding hydrogens is 546 g/mol. The van der Waals surface area contributed by atoms with Gasteiger partial charge < -0.3 is 14.8 Å². The van der Waals surface area contributed by atoms with E-state index < -0.39 is 21.7 Å². The Bertz CT molecular complexity index is 1650. The summed E-state index contributed by atoms with van der Waals surface area (Å²) in [6.45, 7) is 7.65. The molecule has 11 heteroatoms. The maximum absolute atomic E-state index is 15.9. The lowest BCUT2D eigenvalue weighted by Crippen LogP contribution is -2.41. The maximum atomic E-state index is 15.9. The van der Waals surface area contributed by atoms with E-state index in [0.717, 1.165) is 55.0 Å². The molecule has 1 saturated heterocycles. The number of sulfonamides is 1. The molecule has 1 atom stereocenters. The standard InChI is InChI=1S/C30H36F2N6O2S/c1-5-14-41(39,40)36-25-7-6-24(31)30(28(25)32)38-18-23(21-15-19(2)20(3)16-34-17-21)29-26(38)8-9-27(35-29)37(4)22-10-12-33-13-11-22/h6-9,15-18,20,22,33,36H,5,10-14H2,1-4H3. The van der Waals surface area contributed by atoms with Crippen molar-refractivity contribution in [1.29, 1.82) is 0 Å². The molecular formula is C30H36F2N6O2S. The van der Waals surface area contributed by atoms with Crippen molar-refractivity contribution in [3.63, 3.8) is 0 Å². The van der Waals surface area contributed by atoms with Crippen LogP contribution in [0, 0.1) is 17.6 Å². The summed E-state index contributed by atoms with van der Waals surface area (Å²) < 4.78 is 59.8. The normalized spacial score (nSPS) is 18.2. The number of hydrogen-bond acceptors (Lipinski definition) is 6. The molecule has 2 N–H and O–H groups in total. The van der Waals surface area contributed by atoms with Crippen molar-refractivity contribution < 1.29 is 17.2 Å². The number of hydrogen-bond donors (Lipinski definition) is 2. The molecule has 2 aromatic heterocycles. The van der Waals surface area contributed by atoms with Gasteiger partial charge in [0, 0.05) is 48.8 Å². The predicted octanol–water partition coefficient (Wildman–Crippen LogP) is 5.65. The fraction of sp³-hybridized carbons (Fsp3) is 0.400. The fourth-order valence-corrected chi connectivity index (χ4v) is 6.46. The number of benzene rings is 1. The van der Waals surface area contributed by atoms with Gasteiger partial charge in [-0.3, -0.25) is 9.71 Å². The highest BCUT2D eigenvalue weighted by molar-refractivity contribution is 7.92. The van der Waals surface area contributed by atoms with Crippen LogP contribution in [-0.4, -0.2) is 56.1 Å². The van der Waals surface area contributed by atoms with Gasteiger partial charge >= 0.3 is 0 Å². The highest BCUT2D eigenvalue weighted by Gasteiger charge is 2.25. The number of nitrogens with one attached hydrogen (secondary N) is 2. The number of piperidine rings is 1. The second-order valence-electron chi connectivity index (χ2n) is 10.8. The van der Waals surface area contributed by atoms with E-state index in [4.69, 9.17) is 4.98 Å². The van der Waals surface area contributed by atoms with Gasteiger partial charge in [0.05, 0.1) is 22.5 Å². The Morgan fingerprint density at radius 1 is 1.17 bits per heavy atom. The van der Waals surface area contributed by atoms with E-state index in [0.29, 0.717) is 29.1 Å². The van der Waals surface area contributed by atoms with Gasteiger partial charge in [0.15, 0.2) is 5.82 Å². The van der Waals surface area contributed by atoms with Gasteiger partial charge in [-0.2, -0.15) is 0 Å². The van der Waals surface area contributed by atoms with Gasteiger partial charge in [0.25, 0.3) is 0 Å². The lowest BCUT2D eigenvalue weighted by molar-refractivity contribution is 0.442. The molecule has 1 unspecified atom stereocenters. The zero-order valence-corrected chi connectivity index (χ0v) is 24.6. The van der Waals surface area contributed by atoms with Gasteiger partial charge in [-0.25, -0.2) is 22.2 Å². The van der Waals surface area contributed by atoms with Crippen molar-refractivity contribution in [3.05, 3.63) is 65.5 Å². The van der Waals surface area contributed by atoms with E-state index in [9.17, 15) is 8.42 Å². The van der Waals surface area contributed by atoms with E-state index in [-0.39, 0.29) is 23.0 Å². The Labute approximate surface area is 239 Å². The van der Waals surface area contributed by atoms with Gasteiger partial charge in [0.1, 0.15) is 17.3 Å². The molecule has 0 bridgehead atoms. The lowest BCUT2D eigenvalue weighted by Gasteiger charge is -2.32. The quantitative estimate of drug-likeness (QED) is 0.358. The van der Waals surface area contributed by atoms with E-state index in [1.54, 1.807) is 19.3 Å². The Kier molecular flexibility index (Phi) is 8.28. The van der Waals surface area contributed by atoms with Crippen LogP contribution in [-0.2, 0) is 10.0 Å². The van der Waals surface area contributed by atoms with Gasteiger partial charge in [-0.1, -0.05) is 25.5 Å². The third kappa shape index (κ3) is 5.92. The molecule has 2 aliphatic heterocycles. The number of pyridine rings is 1. The van der Waals surface area contributed by atoms with Crippen LogP contribution in [0.3, 0.4) is 0 Å². The summed E-state index contributed by atoms with van der Waals surface area (Å²) in [5, 5.41) is 3.38. The summed E-state index contributed by atoms with van der Waals surface area (Å²) in [6.07, 6.45) is 9.59. The maximum Gasteiger partial charge on any atom is 0.232 e. The Hall–Kier alpha value is -3.57. The van der Waals surface area contributed by atoms with Crippen molar-refractivity contribution in [2.75, 3.05) is 35.5 Å². The third-order valence-corrected chi connectivity index (χ3v) is 9.31. The topological polar surface area (TPSA) is 91.6 Å². The van der Waals surface area contributed by atoms with Crippen LogP contribution in [0.15, 0.2) is 53.3 Å². The summed E-state index contributed by atoms with van der Waals surface area (Å²) in [7, 11) is -1.77. The first-order valence-electron chi connectivity index (χ1n) is 14.0. The van der Waals surface area contributed by atoms with Crippen molar-refractivity contribution in [3.8, 4) is 5.69 Å². The molecule has 1 aromatic carbocycles. The lowest BCUT2D eigenvalue weighted by atomic mass is 10.00.